The number of nitrogens with one attached hydrogen (secondary N) is 1. The number of benzene rings is 1. The van der Waals surface area contributed by atoms with Crippen molar-refractivity contribution in [3.05, 3.63) is 52.8 Å². The molecule has 1 aliphatic rings. The number of nitrogens with zero attached hydrogens (tertiary/aromatic N) is 1. The summed E-state index contributed by atoms with van der Waals surface area (Å²) < 4.78 is 9.94. The third-order valence-corrected chi connectivity index (χ3v) is 3.15. The van der Waals surface area contributed by atoms with Gasteiger partial charge < -0.3 is 9.47 Å². The van der Waals surface area contributed by atoms with Gasteiger partial charge >= 0.3 is 5.97 Å². The minimum Gasteiger partial charge on any atom is -0.459 e. The number of ether oxygens (including phenoxy) is 2. The van der Waals surface area contributed by atoms with E-state index < -0.39 is 5.97 Å². The molecule has 0 saturated carbocycles. The highest BCUT2D eigenvalue weighted by Gasteiger charge is 2.19. The summed E-state index contributed by atoms with van der Waals surface area (Å²) in [4.78, 5) is 11.9. The molecule has 0 spiro atoms. The van der Waals surface area contributed by atoms with Crippen LogP contribution in [0.3, 0.4) is 0 Å². The Hall–Kier alpha value is -1.98. The molecule has 0 amide bonds. The Labute approximate surface area is 128 Å². The van der Waals surface area contributed by atoms with Gasteiger partial charge in [0.25, 0.3) is 0 Å². The first-order valence-corrected chi connectivity index (χ1v) is 6.86. The molecule has 0 fully saturated rings. The summed E-state index contributed by atoms with van der Waals surface area (Å²) in [6.45, 7) is 2.53. The molecule has 112 valence electrons. The van der Waals surface area contributed by atoms with Crippen LogP contribution in [0.15, 0.2) is 47.8 Å². The van der Waals surface area contributed by atoms with Crippen LogP contribution in [0.4, 0.5) is 5.69 Å². The SMILES string of the molecule is COCCOC(=O)C1=CC=C(C)N(c2ccc(Cl)cc2)N1. The van der Waals surface area contributed by atoms with E-state index in [0.717, 1.165) is 11.4 Å². The van der Waals surface area contributed by atoms with Crippen molar-refractivity contribution in [2.75, 3.05) is 25.3 Å². The fourth-order valence-corrected chi connectivity index (χ4v) is 1.92. The molecule has 1 aromatic carbocycles. The fourth-order valence-electron chi connectivity index (χ4n) is 1.79. The maximum absolute atomic E-state index is 11.9. The summed E-state index contributed by atoms with van der Waals surface area (Å²) in [5.74, 6) is -0.422. The summed E-state index contributed by atoms with van der Waals surface area (Å²) >= 11 is 5.89. The molecule has 21 heavy (non-hydrogen) atoms. The molecule has 1 aromatic rings. The summed E-state index contributed by atoms with van der Waals surface area (Å²) in [6, 6.07) is 7.32. The number of allylic oxidation sites excluding steroid dienone is 3. The number of hydrazine groups is 1. The highest BCUT2D eigenvalue weighted by molar-refractivity contribution is 6.30. The van der Waals surface area contributed by atoms with E-state index in [2.05, 4.69) is 5.43 Å². The highest BCUT2D eigenvalue weighted by atomic mass is 35.5. The lowest BCUT2D eigenvalue weighted by atomic mass is 10.2. The van der Waals surface area contributed by atoms with Gasteiger partial charge in [-0.05, 0) is 43.3 Å². The van der Waals surface area contributed by atoms with Crippen molar-refractivity contribution in [1.29, 1.82) is 0 Å². The number of hydrogen-bond donors (Lipinski definition) is 1. The topological polar surface area (TPSA) is 50.8 Å². The van der Waals surface area contributed by atoms with E-state index in [-0.39, 0.29) is 6.61 Å². The van der Waals surface area contributed by atoms with Gasteiger partial charge in [0.15, 0.2) is 0 Å². The minimum atomic E-state index is -0.422. The molecule has 1 heterocycles. The lowest BCUT2D eigenvalue weighted by Gasteiger charge is -2.30. The smallest absolute Gasteiger partial charge is 0.356 e. The van der Waals surface area contributed by atoms with Gasteiger partial charge in [-0.2, -0.15) is 0 Å². The van der Waals surface area contributed by atoms with Crippen LogP contribution in [0.5, 0.6) is 0 Å². The molecular formula is C15H17ClN2O3. The van der Waals surface area contributed by atoms with Crippen LogP contribution in [0.2, 0.25) is 5.02 Å². The van der Waals surface area contributed by atoms with Crippen LogP contribution < -0.4 is 10.4 Å². The van der Waals surface area contributed by atoms with Crippen molar-refractivity contribution in [3.8, 4) is 0 Å². The van der Waals surface area contributed by atoms with Crippen molar-refractivity contribution in [3.63, 3.8) is 0 Å². The Morgan fingerprint density at radius 3 is 2.62 bits per heavy atom. The first-order valence-electron chi connectivity index (χ1n) is 6.49. The van der Waals surface area contributed by atoms with Gasteiger partial charge in [-0.25, -0.2) is 4.79 Å². The van der Waals surface area contributed by atoms with E-state index in [4.69, 9.17) is 21.1 Å². The van der Waals surface area contributed by atoms with E-state index in [9.17, 15) is 4.79 Å². The van der Waals surface area contributed by atoms with Gasteiger partial charge in [-0.3, -0.25) is 10.4 Å². The second-order valence-corrected chi connectivity index (χ2v) is 4.88. The lowest BCUT2D eigenvalue weighted by molar-refractivity contribution is -0.140. The average molecular weight is 309 g/mol. The Bertz CT molecular complexity index is 567. The molecule has 0 saturated heterocycles. The normalized spacial score (nSPS) is 14.1. The Morgan fingerprint density at radius 1 is 1.24 bits per heavy atom. The highest BCUT2D eigenvalue weighted by Crippen LogP contribution is 2.22. The number of carbonyl (C=O) groups is 1. The van der Waals surface area contributed by atoms with Crippen LogP contribution in [0.1, 0.15) is 6.92 Å². The monoisotopic (exact) mass is 308 g/mol. The van der Waals surface area contributed by atoms with E-state index in [1.807, 2.05) is 25.1 Å². The molecule has 0 unspecified atom stereocenters. The summed E-state index contributed by atoms with van der Waals surface area (Å²) in [6.07, 6.45) is 3.54. The predicted molar refractivity (Wildman–Crippen MR) is 81.7 cm³/mol. The largest absolute Gasteiger partial charge is 0.459 e. The minimum absolute atomic E-state index is 0.220. The standard InChI is InChI=1S/C15H17ClN2O3/c1-11-3-8-14(15(19)21-10-9-20-2)17-18(11)13-6-4-12(16)5-7-13/h3-8,17H,9-10H2,1-2H3. The van der Waals surface area contributed by atoms with Crippen LogP contribution in [-0.2, 0) is 14.3 Å². The molecule has 0 aromatic heterocycles. The average Bonchev–Trinajstić information content (AvgIpc) is 2.49. The Morgan fingerprint density at radius 2 is 1.95 bits per heavy atom. The van der Waals surface area contributed by atoms with Crippen molar-refractivity contribution in [2.45, 2.75) is 6.92 Å². The van der Waals surface area contributed by atoms with Crippen molar-refractivity contribution in [1.82, 2.24) is 5.43 Å². The van der Waals surface area contributed by atoms with E-state index >= 15 is 0 Å². The van der Waals surface area contributed by atoms with Crippen molar-refractivity contribution >= 4 is 23.3 Å². The molecule has 0 atom stereocenters. The molecule has 2 rings (SSSR count). The van der Waals surface area contributed by atoms with Gasteiger partial charge in [-0.15, -0.1) is 0 Å². The fraction of sp³-hybridized carbons (Fsp3) is 0.267. The van der Waals surface area contributed by atoms with Crippen LogP contribution in [0.25, 0.3) is 0 Å². The number of anilines is 1. The van der Waals surface area contributed by atoms with Crippen LogP contribution in [-0.4, -0.2) is 26.3 Å². The maximum Gasteiger partial charge on any atom is 0.356 e. The number of methoxy groups -OCH3 is 1. The summed E-state index contributed by atoms with van der Waals surface area (Å²) in [7, 11) is 1.56. The van der Waals surface area contributed by atoms with Gasteiger partial charge in [-0.1, -0.05) is 11.6 Å². The lowest BCUT2D eigenvalue weighted by Crippen LogP contribution is -2.40. The number of hydrogen-bond acceptors (Lipinski definition) is 5. The molecule has 0 bridgehead atoms. The number of halogens is 1. The van der Waals surface area contributed by atoms with Gasteiger partial charge in [0.2, 0.25) is 0 Å². The van der Waals surface area contributed by atoms with E-state index in [0.29, 0.717) is 17.3 Å². The number of carbonyl (C=O) groups excluding carboxylic acids is 1. The zero-order chi connectivity index (χ0) is 15.2. The second kappa shape index (κ2) is 7.15. The second-order valence-electron chi connectivity index (χ2n) is 4.44. The third-order valence-electron chi connectivity index (χ3n) is 2.90. The maximum atomic E-state index is 11.9. The third kappa shape index (κ3) is 4.00. The first kappa shape index (κ1) is 15.4. The van der Waals surface area contributed by atoms with Gasteiger partial charge in [0.1, 0.15) is 12.3 Å². The molecule has 5 nitrogen and oxygen atoms in total. The quantitative estimate of drug-likeness (QED) is 0.669. The summed E-state index contributed by atoms with van der Waals surface area (Å²) in [5, 5.41) is 2.45. The molecule has 1 aliphatic heterocycles. The van der Waals surface area contributed by atoms with Crippen LogP contribution >= 0.6 is 11.6 Å². The molecule has 6 heteroatoms. The molecular weight excluding hydrogens is 292 g/mol. The molecule has 0 aliphatic carbocycles. The number of rotatable bonds is 5. The van der Waals surface area contributed by atoms with E-state index in [1.165, 1.54) is 0 Å². The van der Waals surface area contributed by atoms with E-state index in [1.54, 1.807) is 30.3 Å². The zero-order valence-corrected chi connectivity index (χ0v) is 12.7. The van der Waals surface area contributed by atoms with Crippen molar-refractivity contribution in [2.24, 2.45) is 0 Å². The molecule has 0 radical (unpaired) electrons. The Balaban J connectivity index is 2.07. The van der Waals surface area contributed by atoms with Crippen LogP contribution in [0, 0.1) is 0 Å². The zero-order valence-electron chi connectivity index (χ0n) is 11.9. The van der Waals surface area contributed by atoms with Crippen molar-refractivity contribution < 1.29 is 14.3 Å². The summed E-state index contributed by atoms with van der Waals surface area (Å²) in [5.41, 5.74) is 5.23. The Kier molecular flexibility index (Phi) is 5.25. The predicted octanol–water partition coefficient (Wildman–Crippen LogP) is 2.64. The first-order chi connectivity index (χ1) is 10.1. The van der Waals surface area contributed by atoms with Gasteiger partial charge in [0, 0.05) is 17.8 Å². The molecule has 1 N–H and O–H groups in total. The number of esters is 1. The van der Waals surface area contributed by atoms with Gasteiger partial charge in [0.05, 0.1) is 12.3 Å².